The molecule has 0 atom stereocenters. The minimum Gasteiger partial charge on any atom is -0.507 e. The molecule has 2 aromatic rings. The Morgan fingerprint density at radius 1 is 1.17 bits per heavy atom. The van der Waals surface area contributed by atoms with E-state index in [9.17, 15) is 9.90 Å². The van der Waals surface area contributed by atoms with Gasteiger partial charge in [0.15, 0.2) is 0 Å². The number of phenols is 1. The highest BCUT2D eigenvalue weighted by Gasteiger charge is 2.07. The molecule has 0 aliphatic rings. The quantitative estimate of drug-likeness (QED) is 0.596. The van der Waals surface area contributed by atoms with Crippen molar-refractivity contribution in [1.29, 1.82) is 0 Å². The molecule has 1 amide bonds. The number of hydrazone groups is 1. The topological polar surface area (TPSA) is 61.7 Å². The van der Waals surface area contributed by atoms with Crippen LogP contribution in [0.15, 0.2) is 47.6 Å². The van der Waals surface area contributed by atoms with Crippen LogP contribution in [0.5, 0.6) is 5.75 Å². The summed E-state index contributed by atoms with van der Waals surface area (Å²) in [6.45, 7) is 0. The molecule has 0 unspecified atom stereocenters. The molecule has 0 saturated heterocycles. The van der Waals surface area contributed by atoms with E-state index in [1.54, 1.807) is 42.5 Å². The van der Waals surface area contributed by atoms with Gasteiger partial charge in [0.1, 0.15) is 5.75 Å². The van der Waals surface area contributed by atoms with E-state index in [1.165, 1.54) is 18.0 Å². The van der Waals surface area contributed by atoms with Gasteiger partial charge >= 0.3 is 0 Å². The second-order valence-electron chi connectivity index (χ2n) is 4.55. The number of hydrogen-bond acceptors (Lipinski definition) is 4. The number of phenolic OH excluding ortho intramolecular Hbond substituents is 1. The molecule has 7 heteroatoms. The zero-order valence-corrected chi connectivity index (χ0v) is 14.3. The van der Waals surface area contributed by atoms with Crippen LogP contribution in [-0.4, -0.2) is 23.0 Å². The summed E-state index contributed by atoms with van der Waals surface area (Å²) in [5, 5.41) is 14.5. The maximum Gasteiger partial charge on any atom is 0.250 e. The van der Waals surface area contributed by atoms with Crippen molar-refractivity contribution in [2.75, 3.05) is 5.75 Å². The molecular weight excluding hydrogens is 355 g/mol. The minimum absolute atomic E-state index is 0.105. The lowest BCUT2D eigenvalue weighted by atomic mass is 10.2. The van der Waals surface area contributed by atoms with E-state index in [4.69, 9.17) is 23.2 Å². The first-order valence-electron chi connectivity index (χ1n) is 6.68. The predicted octanol–water partition coefficient (Wildman–Crippen LogP) is 4.08. The van der Waals surface area contributed by atoms with Crippen LogP contribution >= 0.6 is 35.0 Å². The van der Waals surface area contributed by atoms with Gasteiger partial charge in [-0.25, -0.2) is 5.43 Å². The first kappa shape index (κ1) is 17.7. The first-order valence-corrected chi connectivity index (χ1v) is 8.59. The highest BCUT2D eigenvalue weighted by Crippen LogP contribution is 2.28. The molecule has 0 aromatic heterocycles. The van der Waals surface area contributed by atoms with Crippen LogP contribution in [0.4, 0.5) is 0 Å². The molecule has 0 bridgehead atoms. The fraction of sp³-hybridized carbons (Fsp3) is 0.125. The van der Waals surface area contributed by atoms with Crippen LogP contribution in [0.25, 0.3) is 0 Å². The van der Waals surface area contributed by atoms with Gasteiger partial charge in [0.2, 0.25) is 5.91 Å². The van der Waals surface area contributed by atoms with E-state index < -0.39 is 0 Å². The molecule has 0 aliphatic carbocycles. The van der Waals surface area contributed by atoms with Gasteiger partial charge in [-0.15, -0.1) is 11.8 Å². The third kappa shape index (κ3) is 5.46. The third-order valence-electron chi connectivity index (χ3n) is 2.87. The highest BCUT2D eigenvalue weighted by molar-refractivity contribution is 7.99. The smallest absolute Gasteiger partial charge is 0.250 e. The number of carbonyl (C=O) groups excluding carboxylic acids is 1. The lowest BCUT2D eigenvalue weighted by Gasteiger charge is -2.06. The highest BCUT2D eigenvalue weighted by atomic mass is 35.5. The molecule has 0 spiro atoms. The Morgan fingerprint density at radius 3 is 2.57 bits per heavy atom. The number of thioether (sulfide) groups is 1. The Balaban J connectivity index is 1.79. The minimum atomic E-state index is -0.246. The van der Waals surface area contributed by atoms with Gasteiger partial charge in [-0.2, -0.15) is 5.10 Å². The summed E-state index contributed by atoms with van der Waals surface area (Å²) in [6.07, 6.45) is 1.39. The number of nitrogens with zero attached hydrogens (tertiary/aromatic N) is 1. The summed E-state index contributed by atoms with van der Waals surface area (Å²) in [5.41, 5.74) is 3.75. The van der Waals surface area contributed by atoms with Crippen LogP contribution in [0.3, 0.4) is 0 Å². The van der Waals surface area contributed by atoms with Gasteiger partial charge < -0.3 is 5.11 Å². The van der Waals surface area contributed by atoms with Gasteiger partial charge in [0, 0.05) is 21.4 Å². The second kappa shape index (κ2) is 8.82. The van der Waals surface area contributed by atoms with Crippen LogP contribution < -0.4 is 5.43 Å². The van der Waals surface area contributed by atoms with E-state index in [2.05, 4.69) is 10.5 Å². The molecule has 2 rings (SSSR count). The summed E-state index contributed by atoms with van der Waals surface area (Å²) in [7, 11) is 0. The Labute approximate surface area is 148 Å². The second-order valence-corrected chi connectivity index (χ2v) is 6.35. The molecule has 0 saturated carbocycles. The molecular formula is C16H14Cl2N2O2S. The summed E-state index contributed by atoms with van der Waals surface area (Å²) in [6, 6.07) is 12.0. The average Bonchev–Trinajstić information content (AvgIpc) is 2.52. The van der Waals surface area contributed by atoms with E-state index in [1.807, 2.05) is 0 Å². The van der Waals surface area contributed by atoms with Crippen LogP contribution in [0.2, 0.25) is 10.0 Å². The van der Waals surface area contributed by atoms with Crippen LogP contribution in [0.1, 0.15) is 11.1 Å². The van der Waals surface area contributed by atoms with Gasteiger partial charge in [-0.05, 0) is 29.8 Å². The molecule has 120 valence electrons. The standard InChI is InChI=1S/C16H14Cl2N2O2S/c17-13-5-3-6-14(18)12(13)9-23-10-16(22)20-19-8-11-4-1-2-7-15(11)21/h1-8,21H,9-10H2,(H,20,22)/b19-8-. The van der Waals surface area contributed by atoms with Crippen molar-refractivity contribution in [1.82, 2.24) is 5.43 Å². The lowest BCUT2D eigenvalue weighted by Crippen LogP contribution is -2.19. The summed E-state index contributed by atoms with van der Waals surface area (Å²) < 4.78 is 0. The van der Waals surface area contributed by atoms with Crippen molar-refractivity contribution in [3.8, 4) is 5.75 Å². The largest absolute Gasteiger partial charge is 0.507 e. The lowest BCUT2D eigenvalue weighted by molar-refractivity contribution is -0.118. The number of aromatic hydroxyl groups is 1. The molecule has 0 fully saturated rings. The van der Waals surface area contributed by atoms with E-state index >= 15 is 0 Å². The van der Waals surface area contributed by atoms with Gasteiger partial charge in [0.25, 0.3) is 0 Å². The molecule has 0 aliphatic heterocycles. The summed E-state index contributed by atoms with van der Waals surface area (Å²) in [5.74, 6) is 0.618. The third-order valence-corrected chi connectivity index (χ3v) is 4.54. The van der Waals surface area contributed by atoms with Crippen LogP contribution in [0, 0.1) is 0 Å². The zero-order chi connectivity index (χ0) is 16.7. The Morgan fingerprint density at radius 2 is 1.87 bits per heavy atom. The fourth-order valence-electron chi connectivity index (χ4n) is 1.72. The van der Waals surface area contributed by atoms with E-state index in [-0.39, 0.29) is 17.4 Å². The summed E-state index contributed by atoms with van der Waals surface area (Å²) in [4.78, 5) is 11.7. The SMILES string of the molecule is O=C(CSCc1c(Cl)cccc1Cl)N/N=C\c1ccccc1O. The Bertz CT molecular complexity index is 703. The van der Waals surface area contributed by atoms with Crippen molar-refractivity contribution in [2.24, 2.45) is 5.10 Å². The summed E-state index contributed by atoms with van der Waals surface area (Å²) >= 11 is 13.5. The number of para-hydroxylation sites is 1. The van der Waals surface area contributed by atoms with Crippen LogP contribution in [-0.2, 0) is 10.5 Å². The Hall–Kier alpha value is -1.69. The molecule has 23 heavy (non-hydrogen) atoms. The number of benzene rings is 2. The molecule has 4 nitrogen and oxygen atoms in total. The zero-order valence-electron chi connectivity index (χ0n) is 12.0. The predicted molar refractivity (Wildman–Crippen MR) is 96.5 cm³/mol. The number of hydrogen-bond donors (Lipinski definition) is 2. The fourth-order valence-corrected chi connectivity index (χ4v) is 3.28. The van der Waals surface area contributed by atoms with Crippen molar-refractivity contribution in [3.63, 3.8) is 0 Å². The van der Waals surface area contributed by atoms with Gasteiger partial charge in [-0.1, -0.05) is 41.4 Å². The molecule has 2 aromatic carbocycles. The molecule has 0 radical (unpaired) electrons. The number of amides is 1. The Kier molecular flexibility index (Phi) is 6.77. The van der Waals surface area contributed by atoms with E-state index in [0.29, 0.717) is 21.4 Å². The normalized spacial score (nSPS) is 10.9. The first-order chi connectivity index (χ1) is 11.1. The van der Waals surface area contributed by atoms with Gasteiger partial charge in [-0.3, -0.25) is 4.79 Å². The van der Waals surface area contributed by atoms with Crippen molar-refractivity contribution in [2.45, 2.75) is 5.75 Å². The number of nitrogens with one attached hydrogen (secondary N) is 1. The molecule has 0 heterocycles. The average molecular weight is 369 g/mol. The maximum absolute atomic E-state index is 11.7. The monoisotopic (exact) mass is 368 g/mol. The van der Waals surface area contributed by atoms with E-state index in [0.717, 1.165) is 5.56 Å². The number of halogens is 2. The van der Waals surface area contributed by atoms with Gasteiger partial charge in [0.05, 0.1) is 12.0 Å². The number of rotatable bonds is 6. The maximum atomic E-state index is 11.7. The van der Waals surface area contributed by atoms with Crippen molar-refractivity contribution < 1.29 is 9.90 Å². The van der Waals surface area contributed by atoms with Crippen molar-refractivity contribution in [3.05, 3.63) is 63.6 Å². The molecule has 2 N–H and O–H groups in total. The van der Waals surface area contributed by atoms with Crippen molar-refractivity contribution >= 4 is 47.1 Å². The number of carbonyl (C=O) groups is 1.